The van der Waals surface area contributed by atoms with Crippen molar-refractivity contribution in [2.24, 2.45) is 0 Å². The number of hydrogen-bond acceptors (Lipinski definition) is 5. The zero-order valence-electron chi connectivity index (χ0n) is 16.1. The molecule has 6 nitrogen and oxygen atoms in total. The van der Waals surface area contributed by atoms with Gasteiger partial charge in [-0.3, -0.25) is 9.59 Å². The third kappa shape index (κ3) is 3.45. The number of nitrogens with zero attached hydrogens (tertiary/aromatic N) is 1. The highest BCUT2D eigenvalue weighted by Crippen LogP contribution is 2.38. The van der Waals surface area contributed by atoms with Crippen LogP contribution < -0.4 is 10.2 Å². The summed E-state index contributed by atoms with van der Waals surface area (Å²) in [5.74, 6) is 0.524. The zero-order valence-corrected chi connectivity index (χ0v) is 17.7. The highest BCUT2D eigenvalue weighted by molar-refractivity contribution is 9.10. The van der Waals surface area contributed by atoms with E-state index in [1.165, 1.54) is 0 Å². The van der Waals surface area contributed by atoms with Gasteiger partial charge in [0.15, 0.2) is 5.43 Å². The van der Waals surface area contributed by atoms with Crippen molar-refractivity contribution in [1.82, 2.24) is 4.90 Å². The first-order valence-corrected chi connectivity index (χ1v) is 10.1. The lowest BCUT2D eigenvalue weighted by Gasteiger charge is -2.25. The van der Waals surface area contributed by atoms with Crippen LogP contribution in [0.5, 0.6) is 5.75 Å². The van der Waals surface area contributed by atoms with Gasteiger partial charge in [-0.25, -0.2) is 0 Å². The van der Waals surface area contributed by atoms with Crippen LogP contribution >= 0.6 is 15.9 Å². The molecule has 0 aliphatic carbocycles. The Hall–Kier alpha value is -2.64. The van der Waals surface area contributed by atoms with Crippen molar-refractivity contribution in [2.45, 2.75) is 13.0 Å². The van der Waals surface area contributed by atoms with Crippen molar-refractivity contribution < 1.29 is 18.7 Å². The molecule has 1 aliphatic heterocycles. The second kappa shape index (κ2) is 8.00. The molecule has 150 valence electrons. The maximum absolute atomic E-state index is 13.4. The molecule has 29 heavy (non-hydrogen) atoms. The van der Waals surface area contributed by atoms with Gasteiger partial charge in [0.05, 0.1) is 30.2 Å². The Kier molecular flexibility index (Phi) is 5.43. The summed E-state index contributed by atoms with van der Waals surface area (Å²) in [5, 5.41) is 0.440. The SMILES string of the molecule is CCOc1ccc(C2c3c(oc4ccc(Br)cc4c3=O)C(=O)N2CCOC)cc1. The van der Waals surface area contributed by atoms with Gasteiger partial charge in [-0.15, -0.1) is 0 Å². The lowest BCUT2D eigenvalue weighted by molar-refractivity contribution is 0.0663. The standard InChI is InChI=1S/C22H20BrNO5/c1-3-28-15-7-4-13(5-8-15)19-18-20(25)16-12-14(23)6-9-17(16)29-21(18)22(26)24(19)10-11-27-2/h4-9,12,19H,3,10-11H2,1-2H3. The van der Waals surface area contributed by atoms with Crippen molar-refractivity contribution in [3.8, 4) is 5.75 Å². The fourth-order valence-electron chi connectivity index (χ4n) is 3.67. The van der Waals surface area contributed by atoms with Crippen molar-refractivity contribution in [1.29, 1.82) is 0 Å². The number of carbonyl (C=O) groups is 1. The fourth-order valence-corrected chi connectivity index (χ4v) is 4.03. The van der Waals surface area contributed by atoms with Crippen LogP contribution in [0, 0.1) is 0 Å². The highest BCUT2D eigenvalue weighted by atomic mass is 79.9. The van der Waals surface area contributed by atoms with E-state index in [2.05, 4.69) is 15.9 Å². The molecule has 1 unspecified atom stereocenters. The number of fused-ring (bicyclic) bond motifs is 2. The molecule has 1 aliphatic rings. The van der Waals surface area contributed by atoms with Crippen molar-refractivity contribution in [3.05, 3.63) is 74.0 Å². The van der Waals surface area contributed by atoms with Crippen molar-refractivity contribution in [3.63, 3.8) is 0 Å². The Labute approximate surface area is 176 Å². The smallest absolute Gasteiger partial charge is 0.290 e. The maximum atomic E-state index is 13.4. The first kappa shape index (κ1) is 19.7. The second-order valence-electron chi connectivity index (χ2n) is 6.71. The minimum atomic E-state index is -0.539. The average molecular weight is 458 g/mol. The van der Waals surface area contributed by atoms with Gasteiger partial charge in [0.1, 0.15) is 11.3 Å². The minimum absolute atomic E-state index is 0.0970. The summed E-state index contributed by atoms with van der Waals surface area (Å²) in [7, 11) is 1.58. The second-order valence-corrected chi connectivity index (χ2v) is 7.63. The monoisotopic (exact) mass is 457 g/mol. The number of amides is 1. The van der Waals surface area contributed by atoms with E-state index >= 15 is 0 Å². The summed E-state index contributed by atoms with van der Waals surface area (Å²) in [4.78, 5) is 28.1. The van der Waals surface area contributed by atoms with Gasteiger partial charge in [-0.1, -0.05) is 28.1 Å². The third-order valence-electron chi connectivity index (χ3n) is 4.97. The molecule has 0 radical (unpaired) electrons. The highest BCUT2D eigenvalue weighted by Gasteiger charge is 2.42. The molecule has 0 saturated carbocycles. The molecule has 0 fully saturated rings. The maximum Gasteiger partial charge on any atom is 0.290 e. The summed E-state index contributed by atoms with van der Waals surface area (Å²) >= 11 is 3.40. The Morgan fingerprint density at radius 1 is 1.14 bits per heavy atom. The van der Waals surface area contributed by atoms with E-state index in [0.29, 0.717) is 36.3 Å². The number of rotatable bonds is 6. The molecule has 1 amide bonds. The number of halogens is 1. The first-order chi connectivity index (χ1) is 14.0. The molecule has 3 aromatic rings. The molecule has 7 heteroatoms. The number of ether oxygens (including phenoxy) is 2. The summed E-state index contributed by atoms with van der Waals surface area (Å²) in [6.07, 6.45) is 0. The first-order valence-electron chi connectivity index (χ1n) is 9.34. The largest absolute Gasteiger partial charge is 0.494 e. The van der Waals surface area contributed by atoms with Gasteiger partial charge in [-0.2, -0.15) is 0 Å². The van der Waals surface area contributed by atoms with E-state index in [1.54, 1.807) is 30.2 Å². The van der Waals surface area contributed by atoms with Crippen LogP contribution in [0.25, 0.3) is 11.0 Å². The Morgan fingerprint density at radius 3 is 2.59 bits per heavy atom. The lowest BCUT2D eigenvalue weighted by Crippen LogP contribution is -2.32. The molecule has 0 bridgehead atoms. The molecule has 0 saturated heterocycles. The van der Waals surface area contributed by atoms with Crippen LogP contribution in [0.4, 0.5) is 0 Å². The zero-order chi connectivity index (χ0) is 20.5. The average Bonchev–Trinajstić information content (AvgIpc) is 3.00. The van der Waals surface area contributed by atoms with Crippen LogP contribution in [0.2, 0.25) is 0 Å². The van der Waals surface area contributed by atoms with E-state index in [-0.39, 0.29) is 17.1 Å². The Balaban J connectivity index is 1.90. The van der Waals surface area contributed by atoms with Crippen molar-refractivity contribution >= 4 is 32.8 Å². The minimum Gasteiger partial charge on any atom is -0.494 e. The van der Waals surface area contributed by atoms with Crippen LogP contribution in [0.1, 0.15) is 34.6 Å². The quantitative estimate of drug-likeness (QED) is 0.556. The predicted octanol–water partition coefficient (Wildman–Crippen LogP) is 4.15. The number of carbonyl (C=O) groups excluding carboxylic acids is 1. The predicted molar refractivity (Wildman–Crippen MR) is 113 cm³/mol. The van der Waals surface area contributed by atoms with E-state index in [9.17, 15) is 9.59 Å². The van der Waals surface area contributed by atoms with Gasteiger partial charge in [0, 0.05) is 18.1 Å². The van der Waals surface area contributed by atoms with Gasteiger partial charge in [-0.05, 0) is 42.8 Å². The number of methoxy groups -OCH3 is 1. The molecule has 4 rings (SSSR count). The van der Waals surface area contributed by atoms with E-state index in [4.69, 9.17) is 13.9 Å². The normalized spacial score (nSPS) is 15.8. The Morgan fingerprint density at radius 2 is 1.90 bits per heavy atom. The molecule has 0 spiro atoms. The number of benzene rings is 2. The van der Waals surface area contributed by atoms with E-state index in [1.807, 2.05) is 31.2 Å². The molecule has 1 atom stereocenters. The van der Waals surface area contributed by atoms with Gasteiger partial charge < -0.3 is 18.8 Å². The van der Waals surface area contributed by atoms with Crippen LogP contribution in [-0.2, 0) is 4.74 Å². The summed E-state index contributed by atoms with van der Waals surface area (Å²) < 4.78 is 17.4. The summed E-state index contributed by atoms with van der Waals surface area (Å²) in [6, 6.07) is 12.1. The molecule has 0 N–H and O–H groups in total. The molecule has 2 aromatic carbocycles. The lowest BCUT2D eigenvalue weighted by atomic mass is 9.98. The van der Waals surface area contributed by atoms with Gasteiger partial charge in [0.2, 0.25) is 5.76 Å². The molecular formula is C22H20BrNO5. The van der Waals surface area contributed by atoms with Gasteiger partial charge >= 0.3 is 0 Å². The number of hydrogen-bond donors (Lipinski definition) is 0. The van der Waals surface area contributed by atoms with Crippen molar-refractivity contribution in [2.75, 3.05) is 26.9 Å². The fraction of sp³-hybridized carbons (Fsp3) is 0.273. The van der Waals surface area contributed by atoms with E-state index < -0.39 is 6.04 Å². The van der Waals surface area contributed by atoms with Crippen LogP contribution in [-0.4, -0.2) is 37.7 Å². The molecule has 1 aromatic heterocycles. The Bertz CT molecular complexity index is 1120. The van der Waals surface area contributed by atoms with Crippen LogP contribution in [0.15, 0.2) is 56.1 Å². The molecule has 2 heterocycles. The van der Waals surface area contributed by atoms with Crippen LogP contribution in [0.3, 0.4) is 0 Å². The molecular weight excluding hydrogens is 438 g/mol. The van der Waals surface area contributed by atoms with E-state index in [0.717, 1.165) is 15.8 Å². The summed E-state index contributed by atoms with van der Waals surface area (Å²) in [5.41, 5.74) is 1.37. The summed E-state index contributed by atoms with van der Waals surface area (Å²) in [6.45, 7) is 3.18. The van der Waals surface area contributed by atoms with Gasteiger partial charge in [0.25, 0.3) is 5.91 Å². The third-order valence-corrected chi connectivity index (χ3v) is 5.46. The topological polar surface area (TPSA) is 69.0 Å².